The number of hydrogen-bond acceptors (Lipinski definition) is 3. The van der Waals surface area contributed by atoms with Crippen molar-refractivity contribution in [1.82, 2.24) is 10.6 Å². The number of hydrogen-bond donors (Lipinski definition) is 3. The van der Waals surface area contributed by atoms with Gasteiger partial charge in [-0.3, -0.25) is 15.1 Å². The van der Waals surface area contributed by atoms with Gasteiger partial charge in [0.2, 0.25) is 0 Å². The fraction of sp³-hybridized carbons (Fsp3) is 0.462. The molecule has 0 aliphatic carbocycles. The molecule has 0 saturated carbocycles. The highest BCUT2D eigenvalue weighted by molar-refractivity contribution is 7.69. The minimum atomic E-state index is -2.85. The zero-order valence-electron chi connectivity index (χ0n) is 11.5. The van der Waals surface area contributed by atoms with Crippen molar-refractivity contribution in [3.8, 4) is 0 Å². The van der Waals surface area contributed by atoms with Gasteiger partial charge < -0.3 is 4.57 Å². The summed E-state index contributed by atoms with van der Waals surface area (Å²) in [7, 11) is -2.85. The first-order chi connectivity index (χ1) is 8.86. The Morgan fingerprint density at radius 2 is 1.89 bits per heavy atom. The molecule has 1 amide bonds. The molecular formula is C13H21N2O3P. The monoisotopic (exact) mass is 284 g/mol. The highest BCUT2D eigenvalue weighted by atomic mass is 31.2. The van der Waals surface area contributed by atoms with E-state index >= 15 is 0 Å². The lowest BCUT2D eigenvalue weighted by Gasteiger charge is -2.23. The van der Waals surface area contributed by atoms with E-state index in [-0.39, 0.29) is 5.92 Å². The lowest BCUT2D eigenvalue weighted by molar-refractivity contribution is -0.131. The van der Waals surface area contributed by atoms with Gasteiger partial charge in [-0.1, -0.05) is 44.2 Å². The van der Waals surface area contributed by atoms with Crippen molar-refractivity contribution in [2.75, 3.05) is 6.66 Å². The summed E-state index contributed by atoms with van der Waals surface area (Å²) < 4.78 is 12.7. The molecule has 0 bridgehead atoms. The molecule has 1 aromatic rings. The topological polar surface area (TPSA) is 78.4 Å². The summed E-state index contributed by atoms with van der Waals surface area (Å²) in [5, 5.41) is 12.3. The number of carbonyl (C=O) groups excluding carboxylic acids is 1. The minimum absolute atomic E-state index is 0.241. The van der Waals surface area contributed by atoms with Gasteiger partial charge in [-0.05, 0) is 12.3 Å². The van der Waals surface area contributed by atoms with Crippen molar-refractivity contribution in [2.45, 2.75) is 26.3 Å². The molecule has 0 saturated heterocycles. The smallest absolute Gasteiger partial charge is 0.260 e. The van der Waals surface area contributed by atoms with Gasteiger partial charge in [0.1, 0.15) is 0 Å². The Labute approximate surface area is 113 Å². The van der Waals surface area contributed by atoms with Crippen LogP contribution in [0.1, 0.15) is 20.3 Å². The first-order valence-electron chi connectivity index (χ1n) is 6.21. The number of rotatable bonds is 6. The highest BCUT2D eigenvalue weighted by Gasteiger charge is 2.27. The largest absolute Gasteiger partial charge is 0.302 e. The Morgan fingerprint density at radius 1 is 1.32 bits per heavy atom. The molecule has 0 fully saturated rings. The summed E-state index contributed by atoms with van der Waals surface area (Å²) in [5.41, 5.74) is 1.62. The summed E-state index contributed by atoms with van der Waals surface area (Å²) in [6, 6.07) is 8.29. The van der Waals surface area contributed by atoms with E-state index in [2.05, 4.69) is 5.09 Å². The van der Waals surface area contributed by atoms with Crippen LogP contribution in [-0.2, 0) is 9.36 Å². The maximum absolute atomic E-state index is 12.7. The van der Waals surface area contributed by atoms with Gasteiger partial charge in [-0.25, -0.2) is 5.48 Å². The first-order valence-corrected chi connectivity index (χ1v) is 8.37. The Hall–Kier alpha value is -1.16. The number of carbonyl (C=O) groups is 1. The van der Waals surface area contributed by atoms with E-state index in [0.717, 1.165) is 0 Å². The van der Waals surface area contributed by atoms with Crippen LogP contribution in [0.25, 0.3) is 0 Å². The predicted octanol–water partition coefficient (Wildman–Crippen LogP) is 1.73. The van der Waals surface area contributed by atoms with Gasteiger partial charge in [0, 0.05) is 12.0 Å². The van der Waals surface area contributed by atoms with Crippen LogP contribution in [0.15, 0.2) is 30.3 Å². The van der Waals surface area contributed by atoms with Crippen molar-refractivity contribution >= 4 is 18.5 Å². The second kappa shape index (κ2) is 6.85. The molecule has 0 heterocycles. The van der Waals surface area contributed by atoms with Crippen LogP contribution in [0.3, 0.4) is 0 Å². The molecule has 0 radical (unpaired) electrons. The molecule has 6 heteroatoms. The maximum atomic E-state index is 12.7. The van der Waals surface area contributed by atoms with Crippen molar-refractivity contribution < 1.29 is 14.6 Å². The standard InChI is InChI=1S/C13H21N2O3P/c1-10(2)9-12(13(16)14-17)15-19(3,18)11-7-5-4-6-8-11/h4-8,10,12,17H,9H2,1-3H3,(H,14,16)(H,15,18)/t12-,19-/m1/s1. The molecular weight excluding hydrogens is 263 g/mol. The molecule has 3 N–H and O–H groups in total. The van der Waals surface area contributed by atoms with Crippen LogP contribution in [0.5, 0.6) is 0 Å². The third-order valence-corrected chi connectivity index (χ3v) is 4.87. The van der Waals surface area contributed by atoms with E-state index in [4.69, 9.17) is 5.21 Å². The SMILES string of the molecule is CC(C)C[C@@H](N[P@](C)(=O)c1ccccc1)C(=O)NO. The highest BCUT2D eigenvalue weighted by Crippen LogP contribution is 2.36. The van der Waals surface area contributed by atoms with Crippen molar-refractivity contribution in [1.29, 1.82) is 0 Å². The number of hydroxylamine groups is 1. The van der Waals surface area contributed by atoms with Crippen molar-refractivity contribution in [3.05, 3.63) is 30.3 Å². The van der Waals surface area contributed by atoms with Gasteiger partial charge >= 0.3 is 0 Å². The summed E-state index contributed by atoms with van der Waals surface area (Å²) in [6.07, 6.45) is 0.497. The first kappa shape index (κ1) is 15.9. The third kappa shape index (κ3) is 4.78. The Kier molecular flexibility index (Phi) is 5.73. The fourth-order valence-electron chi connectivity index (χ4n) is 1.85. The van der Waals surface area contributed by atoms with Crippen molar-refractivity contribution in [2.24, 2.45) is 5.92 Å². The average molecular weight is 284 g/mol. The number of amides is 1. The van der Waals surface area contributed by atoms with E-state index < -0.39 is 19.2 Å². The van der Waals surface area contributed by atoms with E-state index in [0.29, 0.717) is 11.7 Å². The quantitative estimate of drug-likeness (QED) is 0.422. The minimum Gasteiger partial charge on any atom is -0.302 e. The molecule has 2 atom stereocenters. The molecule has 0 spiro atoms. The normalized spacial score (nSPS) is 15.8. The van der Waals surface area contributed by atoms with E-state index in [1.807, 2.05) is 19.9 Å². The summed E-state index contributed by atoms with van der Waals surface area (Å²) in [5.74, 6) is -0.322. The molecule has 1 rings (SSSR count). The summed E-state index contributed by atoms with van der Waals surface area (Å²) in [4.78, 5) is 11.6. The van der Waals surface area contributed by atoms with Gasteiger partial charge in [0.05, 0.1) is 6.04 Å². The van der Waals surface area contributed by atoms with Crippen molar-refractivity contribution in [3.63, 3.8) is 0 Å². The van der Waals surface area contributed by atoms with Crippen LogP contribution in [-0.4, -0.2) is 23.8 Å². The fourth-order valence-corrected chi connectivity index (χ4v) is 3.56. The van der Waals surface area contributed by atoms with Gasteiger partial charge in [-0.15, -0.1) is 0 Å². The second-order valence-corrected chi connectivity index (χ2v) is 7.67. The molecule has 5 nitrogen and oxygen atoms in total. The number of benzene rings is 1. The van der Waals surface area contributed by atoms with E-state index in [1.54, 1.807) is 36.4 Å². The van der Waals surface area contributed by atoms with Gasteiger partial charge in [-0.2, -0.15) is 0 Å². The predicted molar refractivity (Wildman–Crippen MR) is 75.9 cm³/mol. The second-order valence-electron chi connectivity index (χ2n) is 5.05. The van der Waals surface area contributed by atoms with Crippen LogP contribution in [0.2, 0.25) is 0 Å². The molecule has 1 aromatic carbocycles. The van der Waals surface area contributed by atoms with E-state index in [9.17, 15) is 9.36 Å². The lowest BCUT2D eigenvalue weighted by Crippen LogP contribution is -2.43. The molecule has 19 heavy (non-hydrogen) atoms. The third-order valence-electron chi connectivity index (χ3n) is 2.78. The molecule has 0 aliphatic heterocycles. The van der Waals surface area contributed by atoms with Crippen LogP contribution >= 0.6 is 7.29 Å². The Bertz CT molecular complexity index is 462. The van der Waals surface area contributed by atoms with Gasteiger partial charge in [0.15, 0.2) is 7.29 Å². The van der Waals surface area contributed by atoms with Gasteiger partial charge in [0.25, 0.3) is 5.91 Å². The molecule has 106 valence electrons. The Balaban J connectivity index is 2.89. The van der Waals surface area contributed by atoms with Crippen LogP contribution in [0, 0.1) is 5.92 Å². The molecule has 0 aliphatic rings. The summed E-state index contributed by atoms with van der Waals surface area (Å²) >= 11 is 0. The van der Waals surface area contributed by atoms with Crippen LogP contribution in [0.4, 0.5) is 0 Å². The zero-order valence-corrected chi connectivity index (χ0v) is 12.4. The average Bonchev–Trinajstić information content (AvgIpc) is 2.37. The lowest BCUT2D eigenvalue weighted by atomic mass is 10.0. The number of nitrogens with one attached hydrogen (secondary N) is 2. The Morgan fingerprint density at radius 3 is 2.37 bits per heavy atom. The summed E-state index contributed by atoms with van der Waals surface area (Å²) in [6.45, 7) is 5.51. The van der Waals surface area contributed by atoms with Crippen LogP contribution < -0.4 is 15.9 Å². The zero-order chi connectivity index (χ0) is 14.5. The maximum Gasteiger partial charge on any atom is 0.260 e. The molecule has 0 unspecified atom stereocenters. The van der Waals surface area contributed by atoms with E-state index in [1.165, 1.54) is 0 Å². The molecule has 0 aromatic heterocycles.